The first-order valence-electron chi connectivity index (χ1n) is 9.28. The lowest BCUT2D eigenvalue weighted by atomic mass is 10.2. The van der Waals surface area contributed by atoms with E-state index in [9.17, 15) is 4.79 Å². The molecule has 3 rings (SSSR count). The van der Waals surface area contributed by atoms with Gasteiger partial charge >= 0.3 is 0 Å². The molecule has 0 N–H and O–H groups in total. The highest BCUT2D eigenvalue weighted by Crippen LogP contribution is 2.15. The lowest BCUT2D eigenvalue weighted by Gasteiger charge is -2.23. The lowest BCUT2D eigenvalue weighted by Crippen LogP contribution is -2.32. The second kappa shape index (κ2) is 9.09. The quantitative estimate of drug-likeness (QED) is 0.512. The van der Waals surface area contributed by atoms with Crippen molar-refractivity contribution in [3.05, 3.63) is 84.1 Å². The van der Waals surface area contributed by atoms with Gasteiger partial charge in [0.05, 0.1) is 12.8 Å². The van der Waals surface area contributed by atoms with Crippen LogP contribution in [0.25, 0.3) is 0 Å². The molecule has 0 spiro atoms. The summed E-state index contributed by atoms with van der Waals surface area (Å²) in [7, 11) is 0. The molecule has 0 atom stereocenters. The summed E-state index contributed by atoms with van der Waals surface area (Å²) in [6.45, 7) is 4.30. The van der Waals surface area contributed by atoms with E-state index in [4.69, 9.17) is 4.42 Å². The molecule has 1 aromatic carbocycles. The highest BCUT2D eigenvalue weighted by molar-refractivity contribution is 5.91. The zero-order valence-electron chi connectivity index (χ0n) is 15.3. The van der Waals surface area contributed by atoms with Crippen LogP contribution < -0.4 is 0 Å². The molecule has 4 nitrogen and oxygen atoms in total. The van der Waals surface area contributed by atoms with E-state index in [1.54, 1.807) is 18.4 Å². The highest BCUT2D eigenvalue weighted by Gasteiger charge is 2.19. The minimum Gasteiger partial charge on any atom is -0.459 e. The van der Waals surface area contributed by atoms with Crippen LogP contribution in [0.4, 0.5) is 0 Å². The number of aromatic nitrogens is 1. The van der Waals surface area contributed by atoms with E-state index in [0.717, 1.165) is 38.0 Å². The lowest BCUT2D eigenvalue weighted by molar-refractivity contribution is 0.0704. The Kier molecular flexibility index (Phi) is 6.31. The van der Waals surface area contributed by atoms with Gasteiger partial charge in [-0.25, -0.2) is 0 Å². The number of carbonyl (C=O) groups excluding carboxylic acids is 1. The normalized spacial score (nSPS) is 10.8. The Morgan fingerprint density at radius 1 is 1.04 bits per heavy atom. The van der Waals surface area contributed by atoms with Gasteiger partial charge in [-0.1, -0.05) is 50.1 Å². The van der Waals surface area contributed by atoms with Crippen LogP contribution in [0.2, 0.25) is 0 Å². The first-order chi connectivity index (χ1) is 12.8. The largest absolute Gasteiger partial charge is 0.459 e. The van der Waals surface area contributed by atoms with Crippen LogP contribution in [0.3, 0.4) is 0 Å². The van der Waals surface area contributed by atoms with Crippen LogP contribution in [-0.4, -0.2) is 21.9 Å². The van der Waals surface area contributed by atoms with Gasteiger partial charge in [0, 0.05) is 25.0 Å². The minimum atomic E-state index is -0.0430. The predicted octanol–water partition coefficient (Wildman–Crippen LogP) is 4.96. The topological polar surface area (TPSA) is 38.4 Å². The number of hydrogen-bond donors (Lipinski definition) is 0. The number of rotatable bonds is 9. The zero-order chi connectivity index (χ0) is 18.2. The van der Waals surface area contributed by atoms with E-state index in [1.807, 2.05) is 17.0 Å². The number of nitrogens with zero attached hydrogens (tertiary/aromatic N) is 2. The van der Waals surface area contributed by atoms with Gasteiger partial charge in [-0.05, 0) is 36.2 Å². The summed E-state index contributed by atoms with van der Waals surface area (Å²) in [5, 5.41) is 0. The van der Waals surface area contributed by atoms with Crippen molar-refractivity contribution < 1.29 is 9.21 Å². The van der Waals surface area contributed by atoms with Gasteiger partial charge in [0.1, 0.15) is 0 Å². The third-order valence-electron chi connectivity index (χ3n) is 4.52. The van der Waals surface area contributed by atoms with Crippen LogP contribution in [0.15, 0.2) is 71.5 Å². The molecule has 136 valence electrons. The molecule has 0 bridgehead atoms. The molecule has 0 saturated heterocycles. The Morgan fingerprint density at radius 2 is 1.88 bits per heavy atom. The fourth-order valence-electron chi connectivity index (χ4n) is 3.08. The molecule has 1 amide bonds. The number of benzene rings is 1. The summed E-state index contributed by atoms with van der Waals surface area (Å²) < 4.78 is 7.54. The van der Waals surface area contributed by atoms with Gasteiger partial charge in [-0.2, -0.15) is 0 Å². The van der Waals surface area contributed by atoms with E-state index in [1.165, 1.54) is 5.56 Å². The van der Waals surface area contributed by atoms with Crippen molar-refractivity contribution in [2.45, 2.75) is 39.3 Å². The summed E-state index contributed by atoms with van der Waals surface area (Å²) in [5.74, 6) is 0.362. The van der Waals surface area contributed by atoms with Gasteiger partial charge < -0.3 is 13.9 Å². The SMILES string of the molecule is CCCCCN(Cc1cccn1Cc1ccccc1)C(=O)c1ccco1. The van der Waals surface area contributed by atoms with Gasteiger partial charge in [-0.3, -0.25) is 4.79 Å². The summed E-state index contributed by atoms with van der Waals surface area (Å²) >= 11 is 0. The van der Waals surface area contributed by atoms with Crippen molar-refractivity contribution in [1.82, 2.24) is 9.47 Å². The first kappa shape index (κ1) is 18.1. The predicted molar refractivity (Wildman–Crippen MR) is 103 cm³/mol. The Labute approximate surface area is 155 Å². The van der Waals surface area contributed by atoms with Crippen LogP contribution in [0.1, 0.15) is 48.0 Å². The third-order valence-corrected chi connectivity index (χ3v) is 4.52. The van der Waals surface area contributed by atoms with Crippen LogP contribution in [0, 0.1) is 0 Å². The van der Waals surface area contributed by atoms with Crippen LogP contribution in [-0.2, 0) is 13.1 Å². The maximum absolute atomic E-state index is 12.8. The van der Waals surface area contributed by atoms with Crippen molar-refractivity contribution in [1.29, 1.82) is 0 Å². The molecule has 0 unspecified atom stereocenters. The van der Waals surface area contributed by atoms with Crippen molar-refractivity contribution >= 4 is 5.91 Å². The third kappa shape index (κ3) is 4.66. The minimum absolute atomic E-state index is 0.0430. The molecule has 0 fully saturated rings. The maximum atomic E-state index is 12.8. The van der Waals surface area contributed by atoms with Gasteiger partial charge in [0.15, 0.2) is 5.76 Å². The maximum Gasteiger partial charge on any atom is 0.289 e. The summed E-state index contributed by atoms with van der Waals surface area (Å²) in [4.78, 5) is 14.7. The van der Waals surface area contributed by atoms with E-state index in [2.05, 4.69) is 48.0 Å². The number of unbranched alkanes of at least 4 members (excludes halogenated alkanes) is 2. The summed E-state index contributed by atoms with van der Waals surface area (Å²) in [5.41, 5.74) is 2.38. The molecule has 0 aliphatic rings. The fourth-order valence-corrected chi connectivity index (χ4v) is 3.08. The van der Waals surface area contributed by atoms with Crippen molar-refractivity contribution in [3.8, 4) is 0 Å². The van der Waals surface area contributed by atoms with E-state index in [0.29, 0.717) is 12.3 Å². The van der Waals surface area contributed by atoms with Gasteiger partial charge in [0.2, 0.25) is 0 Å². The second-order valence-corrected chi connectivity index (χ2v) is 6.52. The van der Waals surface area contributed by atoms with Crippen LogP contribution in [0.5, 0.6) is 0 Å². The van der Waals surface area contributed by atoms with Gasteiger partial charge in [0.25, 0.3) is 5.91 Å². The van der Waals surface area contributed by atoms with Crippen molar-refractivity contribution in [2.75, 3.05) is 6.54 Å². The molecule has 2 aromatic heterocycles. The Bertz CT molecular complexity index is 791. The molecule has 0 saturated carbocycles. The number of amides is 1. The highest BCUT2D eigenvalue weighted by atomic mass is 16.3. The zero-order valence-corrected chi connectivity index (χ0v) is 15.3. The van der Waals surface area contributed by atoms with Crippen molar-refractivity contribution in [2.24, 2.45) is 0 Å². The summed E-state index contributed by atoms with van der Waals surface area (Å²) in [6.07, 6.45) is 6.88. The monoisotopic (exact) mass is 350 g/mol. The molecule has 0 aliphatic heterocycles. The fraction of sp³-hybridized carbons (Fsp3) is 0.318. The molecule has 0 radical (unpaired) electrons. The average Bonchev–Trinajstić information content (AvgIpc) is 3.34. The molecule has 3 aromatic rings. The van der Waals surface area contributed by atoms with E-state index >= 15 is 0 Å². The molecular formula is C22H26N2O2. The molecule has 26 heavy (non-hydrogen) atoms. The standard InChI is InChI=1S/C22H26N2O2/c1-2-3-7-14-24(22(25)21-13-9-16-26-21)18-20-12-8-15-23(20)17-19-10-5-4-6-11-19/h4-6,8-13,15-16H,2-3,7,14,17-18H2,1H3. The molecule has 0 aliphatic carbocycles. The smallest absolute Gasteiger partial charge is 0.289 e. The van der Waals surface area contributed by atoms with Gasteiger partial charge in [-0.15, -0.1) is 0 Å². The summed E-state index contributed by atoms with van der Waals surface area (Å²) in [6, 6.07) is 18.0. The van der Waals surface area contributed by atoms with Crippen LogP contribution >= 0.6 is 0 Å². The Balaban J connectivity index is 1.74. The van der Waals surface area contributed by atoms with E-state index in [-0.39, 0.29) is 5.91 Å². The number of hydrogen-bond acceptors (Lipinski definition) is 2. The average molecular weight is 350 g/mol. The van der Waals surface area contributed by atoms with E-state index < -0.39 is 0 Å². The molecule has 2 heterocycles. The number of furan rings is 1. The van der Waals surface area contributed by atoms with Crippen molar-refractivity contribution in [3.63, 3.8) is 0 Å². The Morgan fingerprint density at radius 3 is 2.62 bits per heavy atom. The molecule has 4 heteroatoms. The second-order valence-electron chi connectivity index (χ2n) is 6.52. The molecular weight excluding hydrogens is 324 g/mol. The first-order valence-corrected chi connectivity index (χ1v) is 9.28. The Hall–Kier alpha value is -2.75. The number of carbonyl (C=O) groups is 1.